The van der Waals surface area contributed by atoms with Crippen LogP contribution in [0.2, 0.25) is 0 Å². The lowest BCUT2D eigenvalue weighted by molar-refractivity contribution is -0.383. The maximum absolute atomic E-state index is 12.4. The molecule has 0 saturated heterocycles. The molecular weight excluding hydrogens is 472 g/mol. The molecule has 2 aromatic carbocycles. The summed E-state index contributed by atoms with van der Waals surface area (Å²) in [7, 11) is 2.96. The Kier molecular flexibility index (Phi) is 6.82. The zero-order chi connectivity index (χ0) is 22.4. The number of halogens is 1. The van der Waals surface area contributed by atoms with E-state index in [1.165, 1.54) is 14.2 Å². The Bertz CT molecular complexity index is 1130. The van der Waals surface area contributed by atoms with Crippen LogP contribution in [0.4, 0.5) is 23.0 Å². The molecule has 1 heterocycles. The number of hydrazine groups is 1. The van der Waals surface area contributed by atoms with Crippen LogP contribution in [0.25, 0.3) is 0 Å². The van der Waals surface area contributed by atoms with E-state index < -0.39 is 16.5 Å². The number of benzene rings is 2. The maximum Gasteiger partial charge on any atom is 0.355 e. The van der Waals surface area contributed by atoms with Crippen LogP contribution < -0.4 is 25.6 Å². The van der Waals surface area contributed by atoms with Gasteiger partial charge in [-0.15, -0.1) is 0 Å². The van der Waals surface area contributed by atoms with E-state index in [4.69, 9.17) is 9.47 Å². The number of aromatic nitrogens is 2. The van der Waals surface area contributed by atoms with Crippen molar-refractivity contribution in [3.8, 4) is 11.5 Å². The summed E-state index contributed by atoms with van der Waals surface area (Å²) >= 11 is 3.28. The first-order valence-electron chi connectivity index (χ1n) is 8.74. The fourth-order valence-electron chi connectivity index (χ4n) is 2.60. The van der Waals surface area contributed by atoms with Gasteiger partial charge in [0.1, 0.15) is 17.8 Å². The number of nitrogens with one attached hydrogen (secondary N) is 3. The van der Waals surface area contributed by atoms with Gasteiger partial charge in [0.05, 0.1) is 30.4 Å². The molecule has 0 radical (unpaired) electrons. The number of carbonyl (C=O) groups excluding carboxylic acids is 1. The Hall–Kier alpha value is -3.93. The second kappa shape index (κ2) is 9.71. The Morgan fingerprint density at radius 1 is 1.10 bits per heavy atom. The number of carbonyl (C=O) groups is 1. The smallest absolute Gasteiger partial charge is 0.355 e. The summed E-state index contributed by atoms with van der Waals surface area (Å²) in [5, 5.41) is 14.6. The number of amides is 1. The predicted octanol–water partition coefficient (Wildman–Crippen LogP) is 3.67. The van der Waals surface area contributed by atoms with Gasteiger partial charge in [-0.1, -0.05) is 12.1 Å². The molecule has 1 aromatic heterocycles. The van der Waals surface area contributed by atoms with E-state index in [-0.39, 0.29) is 11.6 Å². The SMILES string of the molecule is COc1ccc(OC)c(Nc2ncnc(NNC(=O)c3ccccc3Br)c2[N+](=O)[O-])c1. The second-order valence-electron chi connectivity index (χ2n) is 5.93. The molecule has 0 unspecified atom stereocenters. The van der Waals surface area contributed by atoms with E-state index in [2.05, 4.69) is 42.1 Å². The van der Waals surface area contributed by atoms with Crippen molar-refractivity contribution in [2.45, 2.75) is 0 Å². The van der Waals surface area contributed by atoms with Crippen molar-refractivity contribution in [2.24, 2.45) is 0 Å². The molecule has 31 heavy (non-hydrogen) atoms. The third-order valence-corrected chi connectivity index (χ3v) is 4.77. The van der Waals surface area contributed by atoms with Crippen LogP contribution >= 0.6 is 15.9 Å². The van der Waals surface area contributed by atoms with Gasteiger partial charge >= 0.3 is 5.69 Å². The Morgan fingerprint density at radius 2 is 1.84 bits per heavy atom. The third kappa shape index (κ3) is 4.98. The van der Waals surface area contributed by atoms with Crippen LogP contribution in [0.3, 0.4) is 0 Å². The van der Waals surface area contributed by atoms with Gasteiger partial charge in [0, 0.05) is 10.5 Å². The topological polar surface area (TPSA) is 141 Å². The highest BCUT2D eigenvalue weighted by Gasteiger charge is 2.25. The molecule has 0 aliphatic rings. The normalized spacial score (nSPS) is 10.2. The second-order valence-corrected chi connectivity index (χ2v) is 6.78. The minimum absolute atomic E-state index is 0.107. The monoisotopic (exact) mass is 488 g/mol. The molecule has 0 atom stereocenters. The number of hydrogen-bond acceptors (Lipinski definition) is 9. The molecule has 3 aromatic rings. The quantitative estimate of drug-likeness (QED) is 0.319. The summed E-state index contributed by atoms with van der Waals surface area (Å²) in [6.45, 7) is 0. The van der Waals surface area contributed by atoms with E-state index in [9.17, 15) is 14.9 Å². The van der Waals surface area contributed by atoms with Crippen LogP contribution in [0.1, 0.15) is 10.4 Å². The summed E-state index contributed by atoms with van der Waals surface area (Å²) in [5.41, 5.74) is 5.15. The minimum atomic E-state index is -0.665. The van der Waals surface area contributed by atoms with Gasteiger partial charge in [-0.05, 0) is 40.2 Å². The molecule has 12 heteroatoms. The number of nitrogens with zero attached hydrogens (tertiary/aromatic N) is 3. The van der Waals surface area contributed by atoms with Gasteiger partial charge in [0.15, 0.2) is 0 Å². The lowest BCUT2D eigenvalue weighted by atomic mass is 10.2. The summed E-state index contributed by atoms with van der Waals surface area (Å²) in [6, 6.07) is 11.7. The molecule has 1 amide bonds. The summed E-state index contributed by atoms with van der Waals surface area (Å²) in [5.74, 6) is 0.114. The van der Waals surface area contributed by atoms with Crippen LogP contribution in [0.5, 0.6) is 11.5 Å². The highest BCUT2D eigenvalue weighted by atomic mass is 79.9. The van der Waals surface area contributed by atoms with Gasteiger partial charge in [0.25, 0.3) is 5.91 Å². The Morgan fingerprint density at radius 3 is 2.52 bits per heavy atom. The van der Waals surface area contributed by atoms with Gasteiger partial charge in [-0.2, -0.15) is 0 Å². The molecule has 3 N–H and O–H groups in total. The van der Waals surface area contributed by atoms with E-state index in [1.807, 2.05) is 0 Å². The van der Waals surface area contributed by atoms with Crippen molar-refractivity contribution < 1.29 is 19.2 Å². The van der Waals surface area contributed by atoms with Crippen LogP contribution in [0.15, 0.2) is 53.3 Å². The molecule has 0 saturated carbocycles. The Labute approximate surface area is 185 Å². The highest BCUT2D eigenvalue weighted by Crippen LogP contribution is 2.35. The minimum Gasteiger partial charge on any atom is -0.497 e. The number of methoxy groups -OCH3 is 2. The number of hydrogen-bond donors (Lipinski definition) is 3. The molecule has 160 valence electrons. The molecule has 0 spiro atoms. The zero-order valence-electron chi connectivity index (χ0n) is 16.4. The molecule has 0 bridgehead atoms. The van der Waals surface area contributed by atoms with Crippen molar-refractivity contribution in [3.05, 3.63) is 68.9 Å². The van der Waals surface area contributed by atoms with E-state index in [1.54, 1.807) is 42.5 Å². The Balaban J connectivity index is 1.89. The predicted molar refractivity (Wildman–Crippen MR) is 117 cm³/mol. The van der Waals surface area contributed by atoms with Crippen molar-refractivity contribution in [1.82, 2.24) is 15.4 Å². The lowest BCUT2D eigenvalue weighted by Gasteiger charge is -2.14. The van der Waals surface area contributed by atoms with Gasteiger partial charge in [-0.25, -0.2) is 9.97 Å². The van der Waals surface area contributed by atoms with Crippen molar-refractivity contribution in [3.63, 3.8) is 0 Å². The van der Waals surface area contributed by atoms with Crippen molar-refractivity contribution >= 4 is 44.8 Å². The van der Waals surface area contributed by atoms with Crippen LogP contribution in [0, 0.1) is 10.1 Å². The van der Waals surface area contributed by atoms with Gasteiger partial charge in [-0.3, -0.25) is 25.8 Å². The fraction of sp³-hybridized carbons (Fsp3) is 0.105. The number of anilines is 3. The first kappa shape index (κ1) is 21.8. The third-order valence-electron chi connectivity index (χ3n) is 4.08. The number of ether oxygens (including phenoxy) is 2. The van der Waals surface area contributed by atoms with Gasteiger partial charge in [0.2, 0.25) is 11.6 Å². The average Bonchev–Trinajstić information content (AvgIpc) is 2.77. The van der Waals surface area contributed by atoms with E-state index in [0.717, 1.165) is 6.33 Å². The summed E-state index contributed by atoms with van der Waals surface area (Å²) in [6.07, 6.45) is 1.12. The van der Waals surface area contributed by atoms with E-state index >= 15 is 0 Å². The largest absolute Gasteiger partial charge is 0.497 e. The first-order valence-corrected chi connectivity index (χ1v) is 9.53. The highest BCUT2D eigenvalue weighted by molar-refractivity contribution is 9.10. The average molecular weight is 489 g/mol. The lowest BCUT2D eigenvalue weighted by Crippen LogP contribution is -2.30. The van der Waals surface area contributed by atoms with Crippen LogP contribution in [-0.4, -0.2) is 35.0 Å². The molecule has 11 nitrogen and oxygen atoms in total. The number of rotatable bonds is 8. The van der Waals surface area contributed by atoms with E-state index in [0.29, 0.717) is 27.2 Å². The molecule has 0 aliphatic heterocycles. The maximum atomic E-state index is 12.4. The molecule has 3 rings (SSSR count). The standard InChI is InChI=1S/C19H17BrN6O5/c1-30-11-7-8-15(31-2)14(9-11)23-17-16(26(28)29)18(22-10-21-17)24-25-19(27)12-5-3-4-6-13(12)20/h3-10H,1-2H3,(H,25,27)(H2,21,22,23,24). The number of nitro groups is 1. The molecule has 0 fully saturated rings. The van der Waals surface area contributed by atoms with Crippen molar-refractivity contribution in [2.75, 3.05) is 25.0 Å². The summed E-state index contributed by atoms with van der Waals surface area (Å²) < 4.78 is 11.0. The molecular formula is C19H17BrN6O5. The zero-order valence-corrected chi connectivity index (χ0v) is 18.0. The summed E-state index contributed by atoms with van der Waals surface area (Å²) in [4.78, 5) is 31.3. The molecule has 0 aliphatic carbocycles. The van der Waals surface area contributed by atoms with Crippen molar-refractivity contribution in [1.29, 1.82) is 0 Å². The van der Waals surface area contributed by atoms with Crippen LogP contribution in [-0.2, 0) is 0 Å². The first-order chi connectivity index (χ1) is 14.9. The van der Waals surface area contributed by atoms with Gasteiger partial charge < -0.3 is 14.8 Å². The fourth-order valence-corrected chi connectivity index (χ4v) is 3.07.